The minimum absolute atomic E-state index is 0.269. The van der Waals surface area contributed by atoms with Crippen LogP contribution in [0.1, 0.15) is 10.4 Å². The Bertz CT molecular complexity index is 985. The summed E-state index contributed by atoms with van der Waals surface area (Å²) in [5.41, 5.74) is 0.0132. The highest BCUT2D eigenvalue weighted by Crippen LogP contribution is 2.20. The average molecular weight is 362 g/mol. The second-order valence-corrected chi connectivity index (χ2v) is 5.71. The van der Waals surface area contributed by atoms with Crippen LogP contribution in [-0.4, -0.2) is 25.8 Å². The summed E-state index contributed by atoms with van der Waals surface area (Å²) >= 11 is 11.7. The number of halogens is 2. The van der Waals surface area contributed by atoms with E-state index in [1.54, 1.807) is 24.3 Å². The predicted octanol–water partition coefficient (Wildman–Crippen LogP) is 3.30. The van der Waals surface area contributed by atoms with Crippen LogP contribution >= 0.6 is 23.2 Å². The Labute approximate surface area is 145 Å². The topological polar surface area (TPSA) is 85.1 Å². The van der Waals surface area contributed by atoms with Crippen LogP contribution in [-0.2, 0) is 0 Å². The first kappa shape index (κ1) is 16.2. The van der Waals surface area contributed by atoms with E-state index in [2.05, 4.69) is 10.1 Å². The van der Waals surface area contributed by atoms with Crippen LogP contribution in [0.2, 0.25) is 10.0 Å². The van der Waals surface area contributed by atoms with Gasteiger partial charge in [0.25, 0.3) is 5.56 Å². The normalized spacial score (nSPS) is 10.6. The minimum atomic E-state index is -1.35. The van der Waals surface area contributed by atoms with Gasteiger partial charge in [-0.1, -0.05) is 35.3 Å². The molecule has 3 aromatic rings. The molecule has 120 valence electrons. The summed E-state index contributed by atoms with van der Waals surface area (Å²) in [6, 6.07) is 9.36. The molecule has 0 bridgehead atoms. The molecule has 3 rings (SSSR count). The van der Waals surface area contributed by atoms with E-state index in [0.29, 0.717) is 21.3 Å². The number of carboxylic acid groups (broad SMARTS) is 1. The summed E-state index contributed by atoms with van der Waals surface area (Å²) in [6.07, 6.45) is 2.77. The van der Waals surface area contributed by atoms with Crippen LogP contribution in [0.25, 0.3) is 16.9 Å². The lowest BCUT2D eigenvalue weighted by molar-refractivity contribution is 0.0694. The number of hydrogen-bond acceptors (Lipinski definition) is 4. The molecule has 0 aliphatic rings. The number of rotatable bonds is 3. The van der Waals surface area contributed by atoms with Gasteiger partial charge in [0.15, 0.2) is 0 Å². The van der Waals surface area contributed by atoms with Gasteiger partial charge in [0.1, 0.15) is 5.56 Å². The van der Waals surface area contributed by atoms with E-state index >= 15 is 0 Å². The molecule has 0 saturated carbocycles. The van der Waals surface area contributed by atoms with Crippen LogP contribution in [0.15, 0.2) is 53.6 Å². The maximum atomic E-state index is 12.4. The van der Waals surface area contributed by atoms with E-state index in [9.17, 15) is 14.7 Å². The number of carbonyl (C=O) groups is 1. The number of pyridine rings is 1. The fraction of sp³-hybridized carbons (Fsp3) is 0. The number of benzene rings is 1. The molecule has 24 heavy (non-hydrogen) atoms. The van der Waals surface area contributed by atoms with Crippen molar-refractivity contribution in [2.75, 3.05) is 0 Å². The maximum absolute atomic E-state index is 12.4. The number of aromatic nitrogens is 3. The lowest BCUT2D eigenvalue weighted by Crippen LogP contribution is -2.27. The molecule has 0 spiro atoms. The zero-order valence-electron chi connectivity index (χ0n) is 12.0. The zero-order chi connectivity index (χ0) is 17.3. The molecule has 0 aliphatic carbocycles. The number of nitrogens with zero attached hydrogens (tertiary/aromatic N) is 3. The van der Waals surface area contributed by atoms with Gasteiger partial charge in [0.05, 0.1) is 22.6 Å². The van der Waals surface area contributed by atoms with Crippen molar-refractivity contribution in [2.45, 2.75) is 0 Å². The molecule has 1 aromatic carbocycles. The largest absolute Gasteiger partial charge is 0.477 e. The number of aromatic carboxylic acids is 1. The Balaban J connectivity index is 2.27. The van der Waals surface area contributed by atoms with E-state index in [4.69, 9.17) is 23.2 Å². The Morgan fingerprint density at radius 1 is 1.04 bits per heavy atom. The van der Waals surface area contributed by atoms with Crippen molar-refractivity contribution in [2.24, 2.45) is 0 Å². The quantitative estimate of drug-likeness (QED) is 0.773. The second-order valence-electron chi connectivity index (χ2n) is 4.83. The van der Waals surface area contributed by atoms with Gasteiger partial charge >= 0.3 is 5.97 Å². The van der Waals surface area contributed by atoms with E-state index in [1.807, 2.05) is 0 Å². The average Bonchev–Trinajstić information content (AvgIpc) is 2.55. The van der Waals surface area contributed by atoms with Crippen LogP contribution in [0.5, 0.6) is 0 Å². The van der Waals surface area contributed by atoms with Gasteiger partial charge in [-0.25, -0.2) is 4.79 Å². The molecule has 6 nitrogen and oxygen atoms in total. The van der Waals surface area contributed by atoms with Crippen molar-refractivity contribution in [3.05, 3.63) is 74.8 Å². The molecule has 0 saturated heterocycles. The molecule has 0 fully saturated rings. The SMILES string of the molecule is O=C(O)c1cc(-c2ccc(Cl)cc2)nn(-c2cncc(Cl)c2)c1=O. The van der Waals surface area contributed by atoms with Crippen LogP contribution in [0.4, 0.5) is 0 Å². The fourth-order valence-corrected chi connectivity index (χ4v) is 2.40. The molecule has 1 N–H and O–H groups in total. The van der Waals surface area contributed by atoms with Gasteiger partial charge in [0.2, 0.25) is 0 Å². The molecule has 0 atom stereocenters. The fourth-order valence-electron chi connectivity index (χ4n) is 2.10. The molecule has 0 radical (unpaired) electrons. The first-order chi connectivity index (χ1) is 11.5. The first-order valence-electron chi connectivity index (χ1n) is 6.70. The summed E-state index contributed by atoms with van der Waals surface area (Å²) in [5, 5.41) is 14.4. The zero-order valence-corrected chi connectivity index (χ0v) is 13.5. The Hall–Kier alpha value is -2.70. The van der Waals surface area contributed by atoms with Crippen molar-refractivity contribution in [3.63, 3.8) is 0 Å². The molecule has 0 amide bonds. The molecule has 2 aromatic heterocycles. The maximum Gasteiger partial charge on any atom is 0.341 e. The highest BCUT2D eigenvalue weighted by Gasteiger charge is 2.17. The summed E-state index contributed by atoms with van der Waals surface area (Å²) in [4.78, 5) is 27.7. The first-order valence-corrected chi connectivity index (χ1v) is 7.46. The molecule has 2 heterocycles. The number of hydrogen-bond donors (Lipinski definition) is 1. The summed E-state index contributed by atoms with van der Waals surface area (Å²) in [6.45, 7) is 0. The van der Waals surface area contributed by atoms with Crippen LogP contribution in [0.3, 0.4) is 0 Å². The van der Waals surface area contributed by atoms with Crippen molar-refractivity contribution in [3.8, 4) is 16.9 Å². The lowest BCUT2D eigenvalue weighted by atomic mass is 10.1. The van der Waals surface area contributed by atoms with E-state index in [0.717, 1.165) is 4.68 Å². The highest BCUT2D eigenvalue weighted by atomic mass is 35.5. The van der Waals surface area contributed by atoms with E-state index in [1.165, 1.54) is 24.5 Å². The smallest absolute Gasteiger partial charge is 0.341 e. The van der Waals surface area contributed by atoms with Gasteiger partial charge < -0.3 is 5.11 Å². The summed E-state index contributed by atoms with van der Waals surface area (Å²) in [5.74, 6) is -1.35. The molecule has 8 heteroatoms. The minimum Gasteiger partial charge on any atom is -0.477 e. The summed E-state index contributed by atoms with van der Waals surface area (Å²) < 4.78 is 0.965. The van der Waals surface area contributed by atoms with E-state index < -0.39 is 17.1 Å². The van der Waals surface area contributed by atoms with Crippen molar-refractivity contribution < 1.29 is 9.90 Å². The van der Waals surface area contributed by atoms with Gasteiger partial charge in [-0.15, -0.1) is 0 Å². The number of carboxylic acids is 1. The van der Waals surface area contributed by atoms with E-state index in [-0.39, 0.29) is 5.69 Å². The third kappa shape index (κ3) is 3.15. The second kappa shape index (κ2) is 6.43. The molecule has 0 aliphatic heterocycles. The Morgan fingerprint density at radius 3 is 2.38 bits per heavy atom. The van der Waals surface area contributed by atoms with Gasteiger partial charge in [0, 0.05) is 16.8 Å². The van der Waals surface area contributed by atoms with Gasteiger partial charge in [-0.2, -0.15) is 9.78 Å². The Morgan fingerprint density at radius 2 is 1.75 bits per heavy atom. The Kier molecular flexibility index (Phi) is 4.33. The third-order valence-corrected chi connectivity index (χ3v) is 3.68. The predicted molar refractivity (Wildman–Crippen MR) is 90.0 cm³/mol. The third-order valence-electron chi connectivity index (χ3n) is 3.22. The molecular formula is C16H9Cl2N3O3. The van der Waals surface area contributed by atoms with Gasteiger partial charge in [-0.05, 0) is 24.3 Å². The molecular weight excluding hydrogens is 353 g/mol. The molecule has 0 unspecified atom stereocenters. The van der Waals surface area contributed by atoms with Crippen molar-refractivity contribution in [1.82, 2.24) is 14.8 Å². The highest BCUT2D eigenvalue weighted by molar-refractivity contribution is 6.30. The lowest BCUT2D eigenvalue weighted by Gasteiger charge is -2.09. The van der Waals surface area contributed by atoms with Crippen molar-refractivity contribution in [1.29, 1.82) is 0 Å². The summed E-state index contributed by atoms with van der Waals surface area (Å²) in [7, 11) is 0. The monoisotopic (exact) mass is 361 g/mol. The standard InChI is InChI=1S/C16H9Cl2N3O3/c17-10-3-1-9(2-4-10)14-6-13(16(23)24)15(22)21(20-14)12-5-11(18)7-19-8-12/h1-8H,(H,23,24). The van der Waals surface area contributed by atoms with Crippen molar-refractivity contribution >= 4 is 29.2 Å². The van der Waals surface area contributed by atoms with Crippen LogP contribution < -0.4 is 5.56 Å². The van der Waals surface area contributed by atoms with Crippen LogP contribution in [0, 0.1) is 0 Å². The van der Waals surface area contributed by atoms with Gasteiger partial charge in [-0.3, -0.25) is 9.78 Å².